The summed E-state index contributed by atoms with van der Waals surface area (Å²) >= 11 is 5.93. The topological polar surface area (TPSA) is 12.0 Å². The quantitative estimate of drug-likeness (QED) is 0.723. The summed E-state index contributed by atoms with van der Waals surface area (Å²) in [7, 11) is 0. The molecule has 1 heterocycles. The monoisotopic (exact) mass is 193 g/mol. The summed E-state index contributed by atoms with van der Waals surface area (Å²) in [5.41, 5.74) is 2.69. The standard InChI is InChI=1S/C11H12ClN/c12-9-4-3-8-5-10(7-1-2-7)13-11(8)6-9/h3-4,6-7,10,13H,1-2,5H2. The molecule has 2 aliphatic rings. The van der Waals surface area contributed by atoms with E-state index in [2.05, 4.69) is 11.4 Å². The molecule has 3 rings (SSSR count). The predicted octanol–water partition coefficient (Wildman–Crippen LogP) is 3.09. The zero-order valence-corrected chi connectivity index (χ0v) is 8.14. The second kappa shape index (κ2) is 2.65. The van der Waals surface area contributed by atoms with Gasteiger partial charge in [-0.25, -0.2) is 0 Å². The summed E-state index contributed by atoms with van der Waals surface area (Å²) in [5.74, 6) is 0.922. The first-order valence-corrected chi connectivity index (χ1v) is 5.26. The molecular formula is C11H12ClN. The van der Waals surface area contributed by atoms with E-state index in [0.717, 1.165) is 10.9 Å². The van der Waals surface area contributed by atoms with E-state index in [0.29, 0.717) is 6.04 Å². The van der Waals surface area contributed by atoms with E-state index in [9.17, 15) is 0 Å². The molecule has 0 bridgehead atoms. The third-order valence-electron chi connectivity index (χ3n) is 3.04. The van der Waals surface area contributed by atoms with Crippen LogP contribution in [-0.2, 0) is 6.42 Å². The molecule has 0 spiro atoms. The highest BCUT2D eigenvalue weighted by molar-refractivity contribution is 6.30. The first kappa shape index (κ1) is 7.69. The Kier molecular flexibility index (Phi) is 1.57. The van der Waals surface area contributed by atoms with Gasteiger partial charge in [-0.05, 0) is 42.9 Å². The van der Waals surface area contributed by atoms with Crippen LogP contribution in [0.25, 0.3) is 0 Å². The molecule has 1 aliphatic carbocycles. The Morgan fingerprint density at radius 3 is 2.92 bits per heavy atom. The van der Waals surface area contributed by atoms with E-state index >= 15 is 0 Å². The van der Waals surface area contributed by atoms with Crippen LogP contribution in [-0.4, -0.2) is 6.04 Å². The summed E-state index contributed by atoms with van der Waals surface area (Å²) in [6.45, 7) is 0. The minimum Gasteiger partial charge on any atom is -0.381 e. The molecule has 1 nitrogen and oxygen atoms in total. The fraction of sp³-hybridized carbons (Fsp3) is 0.455. The lowest BCUT2D eigenvalue weighted by molar-refractivity contribution is 0.660. The number of halogens is 1. The van der Waals surface area contributed by atoms with E-state index in [1.165, 1.54) is 30.5 Å². The van der Waals surface area contributed by atoms with Gasteiger partial charge in [-0.15, -0.1) is 0 Å². The lowest BCUT2D eigenvalue weighted by Crippen LogP contribution is -2.17. The van der Waals surface area contributed by atoms with Crippen molar-refractivity contribution in [3.8, 4) is 0 Å². The molecule has 0 radical (unpaired) electrons. The van der Waals surface area contributed by atoms with E-state index < -0.39 is 0 Å². The fourth-order valence-corrected chi connectivity index (χ4v) is 2.30. The number of hydrogen-bond acceptors (Lipinski definition) is 1. The van der Waals surface area contributed by atoms with Gasteiger partial charge in [0.05, 0.1) is 0 Å². The maximum Gasteiger partial charge on any atom is 0.0426 e. The maximum atomic E-state index is 5.93. The van der Waals surface area contributed by atoms with Gasteiger partial charge >= 0.3 is 0 Å². The maximum absolute atomic E-state index is 5.93. The Labute approximate surface area is 83.1 Å². The number of benzene rings is 1. The van der Waals surface area contributed by atoms with Crippen LogP contribution < -0.4 is 5.32 Å². The Balaban J connectivity index is 1.90. The molecule has 0 amide bonds. The summed E-state index contributed by atoms with van der Waals surface area (Å²) in [4.78, 5) is 0. The first-order valence-electron chi connectivity index (χ1n) is 4.88. The molecule has 1 aromatic carbocycles. The summed E-state index contributed by atoms with van der Waals surface area (Å²) in [5, 5.41) is 4.39. The van der Waals surface area contributed by atoms with Crippen LogP contribution in [0.2, 0.25) is 5.02 Å². The number of rotatable bonds is 1. The molecule has 0 aromatic heterocycles. The predicted molar refractivity (Wildman–Crippen MR) is 55.3 cm³/mol. The van der Waals surface area contributed by atoms with Gasteiger partial charge in [0.1, 0.15) is 0 Å². The Morgan fingerprint density at radius 2 is 2.15 bits per heavy atom. The largest absolute Gasteiger partial charge is 0.381 e. The van der Waals surface area contributed by atoms with Crippen molar-refractivity contribution in [1.29, 1.82) is 0 Å². The van der Waals surface area contributed by atoms with Crippen molar-refractivity contribution in [2.24, 2.45) is 5.92 Å². The number of hydrogen-bond donors (Lipinski definition) is 1. The molecule has 68 valence electrons. The second-order valence-corrected chi connectivity index (χ2v) is 4.53. The molecule has 1 aliphatic heterocycles. The molecule has 0 saturated heterocycles. The highest BCUT2D eigenvalue weighted by Gasteiger charge is 2.34. The number of anilines is 1. The molecule has 2 heteroatoms. The van der Waals surface area contributed by atoms with Crippen molar-refractivity contribution < 1.29 is 0 Å². The van der Waals surface area contributed by atoms with Gasteiger partial charge in [-0.3, -0.25) is 0 Å². The van der Waals surface area contributed by atoms with Gasteiger partial charge in [-0.1, -0.05) is 17.7 Å². The minimum absolute atomic E-state index is 0.688. The van der Waals surface area contributed by atoms with Crippen LogP contribution in [0, 0.1) is 5.92 Å². The van der Waals surface area contributed by atoms with Crippen molar-refractivity contribution in [2.75, 3.05) is 5.32 Å². The third-order valence-corrected chi connectivity index (χ3v) is 3.28. The van der Waals surface area contributed by atoms with E-state index in [-0.39, 0.29) is 0 Å². The van der Waals surface area contributed by atoms with Crippen LogP contribution in [0.1, 0.15) is 18.4 Å². The minimum atomic E-state index is 0.688. The summed E-state index contributed by atoms with van der Waals surface area (Å²) in [6.07, 6.45) is 4.00. The van der Waals surface area contributed by atoms with Gasteiger partial charge in [0.15, 0.2) is 0 Å². The van der Waals surface area contributed by atoms with Crippen molar-refractivity contribution in [1.82, 2.24) is 0 Å². The van der Waals surface area contributed by atoms with Crippen LogP contribution in [0.3, 0.4) is 0 Å². The number of nitrogens with one attached hydrogen (secondary N) is 1. The van der Waals surface area contributed by atoms with Crippen molar-refractivity contribution in [3.63, 3.8) is 0 Å². The fourth-order valence-electron chi connectivity index (χ4n) is 2.13. The zero-order valence-electron chi connectivity index (χ0n) is 7.39. The smallest absolute Gasteiger partial charge is 0.0426 e. The Morgan fingerprint density at radius 1 is 1.31 bits per heavy atom. The number of fused-ring (bicyclic) bond motifs is 1. The Hall–Kier alpha value is -0.690. The van der Waals surface area contributed by atoms with E-state index in [1.807, 2.05) is 12.1 Å². The highest BCUT2D eigenvalue weighted by Crippen LogP contribution is 2.40. The molecular weight excluding hydrogens is 182 g/mol. The lowest BCUT2D eigenvalue weighted by Gasteiger charge is -2.08. The van der Waals surface area contributed by atoms with Gasteiger partial charge in [-0.2, -0.15) is 0 Å². The molecule has 1 atom stereocenters. The van der Waals surface area contributed by atoms with E-state index in [1.54, 1.807) is 0 Å². The highest BCUT2D eigenvalue weighted by atomic mass is 35.5. The van der Waals surface area contributed by atoms with Gasteiger partial charge in [0.2, 0.25) is 0 Å². The van der Waals surface area contributed by atoms with Crippen LogP contribution in [0.5, 0.6) is 0 Å². The Bertz CT molecular complexity index is 344. The molecule has 1 aromatic rings. The van der Waals surface area contributed by atoms with E-state index in [4.69, 9.17) is 11.6 Å². The summed E-state index contributed by atoms with van der Waals surface area (Å²) < 4.78 is 0. The molecule has 1 N–H and O–H groups in total. The molecule has 13 heavy (non-hydrogen) atoms. The van der Waals surface area contributed by atoms with Crippen LogP contribution >= 0.6 is 11.6 Å². The molecule has 1 unspecified atom stereocenters. The van der Waals surface area contributed by atoms with Gasteiger partial charge in [0, 0.05) is 16.8 Å². The average molecular weight is 194 g/mol. The second-order valence-electron chi connectivity index (χ2n) is 4.09. The normalized spacial score (nSPS) is 25.5. The van der Waals surface area contributed by atoms with Crippen molar-refractivity contribution in [2.45, 2.75) is 25.3 Å². The SMILES string of the molecule is Clc1ccc2c(c1)NC(C1CC1)C2. The van der Waals surface area contributed by atoms with Gasteiger partial charge < -0.3 is 5.32 Å². The summed E-state index contributed by atoms with van der Waals surface area (Å²) in [6, 6.07) is 6.86. The van der Waals surface area contributed by atoms with Gasteiger partial charge in [0.25, 0.3) is 0 Å². The molecule has 1 saturated carbocycles. The third kappa shape index (κ3) is 1.31. The molecule has 1 fully saturated rings. The first-order chi connectivity index (χ1) is 6.33. The van der Waals surface area contributed by atoms with Crippen molar-refractivity contribution >= 4 is 17.3 Å². The van der Waals surface area contributed by atoms with Crippen LogP contribution in [0.15, 0.2) is 18.2 Å². The zero-order chi connectivity index (χ0) is 8.84. The lowest BCUT2D eigenvalue weighted by atomic mass is 10.1. The van der Waals surface area contributed by atoms with Crippen LogP contribution in [0.4, 0.5) is 5.69 Å². The average Bonchev–Trinajstić information content (AvgIpc) is 2.87. The van der Waals surface area contributed by atoms with Crippen molar-refractivity contribution in [3.05, 3.63) is 28.8 Å².